The number of hydrogen-bond acceptors (Lipinski definition) is 2. The first kappa shape index (κ1) is 14.2. The van der Waals surface area contributed by atoms with E-state index in [1.807, 2.05) is 0 Å². The summed E-state index contributed by atoms with van der Waals surface area (Å²) in [5, 5.41) is 3.66. The molecule has 0 radical (unpaired) electrons. The van der Waals surface area contributed by atoms with Gasteiger partial charge in [-0.15, -0.1) is 0 Å². The van der Waals surface area contributed by atoms with Gasteiger partial charge in [0.25, 0.3) is 0 Å². The Morgan fingerprint density at radius 1 is 1.00 bits per heavy atom. The van der Waals surface area contributed by atoms with E-state index in [9.17, 15) is 0 Å². The van der Waals surface area contributed by atoms with Crippen molar-refractivity contribution < 1.29 is 4.74 Å². The van der Waals surface area contributed by atoms with Gasteiger partial charge >= 0.3 is 0 Å². The van der Waals surface area contributed by atoms with Crippen LogP contribution in [0.25, 0.3) is 0 Å². The van der Waals surface area contributed by atoms with Gasteiger partial charge in [-0.2, -0.15) is 0 Å². The van der Waals surface area contributed by atoms with E-state index in [1.54, 1.807) is 7.11 Å². The van der Waals surface area contributed by atoms with Gasteiger partial charge < -0.3 is 10.1 Å². The third kappa shape index (κ3) is 4.14. The summed E-state index contributed by atoms with van der Waals surface area (Å²) in [6.45, 7) is 8.76. The molecule has 1 aromatic rings. The lowest BCUT2D eigenvalue weighted by atomic mass is 9.95. The van der Waals surface area contributed by atoms with Crippen molar-refractivity contribution in [1.82, 2.24) is 5.32 Å². The third-order valence-corrected chi connectivity index (χ3v) is 3.34. The molecule has 0 aliphatic rings. The molecular weight excluding hydrogens is 210 g/mol. The second kappa shape index (κ2) is 6.77. The smallest absolute Gasteiger partial charge is 0.0693 e. The summed E-state index contributed by atoms with van der Waals surface area (Å²) in [6.07, 6.45) is 0.222. The molecule has 0 saturated carbocycles. The first-order valence-electron chi connectivity index (χ1n) is 6.40. The normalized spacial score (nSPS) is 16.8. The molecular formula is C15H25NO. The third-order valence-electron chi connectivity index (χ3n) is 3.34. The van der Waals surface area contributed by atoms with Gasteiger partial charge in [-0.05, 0) is 25.3 Å². The molecule has 0 fully saturated rings. The Balaban J connectivity index is 2.74. The fourth-order valence-electron chi connectivity index (χ4n) is 1.96. The fourth-order valence-corrected chi connectivity index (χ4v) is 1.96. The number of hydrogen-bond donors (Lipinski definition) is 1. The monoisotopic (exact) mass is 235 g/mol. The minimum absolute atomic E-state index is 0.222. The topological polar surface area (TPSA) is 21.3 Å². The lowest BCUT2D eigenvalue weighted by Gasteiger charge is -2.29. The average Bonchev–Trinajstić information content (AvgIpc) is 2.35. The van der Waals surface area contributed by atoms with E-state index in [1.165, 1.54) is 5.56 Å². The Labute approximate surface area is 105 Å². The van der Waals surface area contributed by atoms with Gasteiger partial charge in [-0.25, -0.2) is 0 Å². The Kier molecular flexibility index (Phi) is 5.66. The van der Waals surface area contributed by atoms with Gasteiger partial charge in [0.2, 0.25) is 0 Å². The number of nitrogens with one attached hydrogen (secondary N) is 1. The average molecular weight is 235 g/mol. The first-order valence-corrected chi connectivity index (χ1v) is 6.40. The van der Waals surface area contributed by atoms with Gasteiger partial charge in [0, 0.05) is 19.2 Å². The summed E-state index contributed by atoms with van der Waals surface area (Å²) in [5.74, 6) is 0.559. The second-order valence-electron chi connectivity index (χ2n) is 5.03. The molecule has 0 aromatic heterocycles. The summed E-state index contributed by atoms with van der Waals surface area (Å²) in [4.78, 5) is 0. The molecule has 17 heavy (non-hydrogen) atoms. The van der Waals surface area contributed by atoms with Crippen LogP contribution < -0.4 is 5.32 Å². The van der Waals surface area contributed by atoms with Crippen LogP contribution in [0.15, 0.2) is 30.3 Å². The number of benzene rings is 1. The highest BCUT2D eigenvalue weighted by Gasteiger charge is 2.20. The summed E-state index contributed by atoms with van der Waals surface area (Å²) in [5.41, 5.74) is 1.35. The van der Waals surface area contributed by atoms with Crippen LogP contribution in [-0.2, 0) is 4.74 Å². The van der Waals surface area contributed by atoms with E-state index in [0.29, 0.717) is 18.0 Å². The standard InChI is InChI=1S/C15H25NO/c1-11(2)15(14-9-7-6-8-10-14)16-12(3)13(4)17-5/h6-13,15-16H,1-5H3. The zero-order chi connectivity index (χ0) is 12.8. The van der Waals surface area contributed by atoms with Crippen LogP contribution in [0.4, 0.5) is 0 Å². The SMILES string of the molecule is COC(C)C(C)NC(c1ccccc1)C(C)C. The van der Waals surface area contributed by atoms with E-state index in [4.69, 9.17) is 4.74 Å². The lowest BCUT2D eigenvalue weighted by Crippen LogP contribution is -2.40. The van der Waals surface area contributed by atoms with Crippen molar-refractivity contribution in [3.05, 3.63) is 35.9 Å². The van der Waals surface area contributed by atoms with E-state index < -0.39 is 0 Å². The Bertz CT molecular complexity index is 310. The molecule has 0 spiro atoms. The maximum atomic E-state index is 5.37. The molecule has 2 nitrogen and oxygen atoms in total. The molecule has 1 aromatic carbocycles. The van der Waals surface area contributed by atoms with E-state index >= 15 is 0 Å². The van der Waals surface area contributed by atoms with Crippen LogP contribution in [0.2, 0.25) is 0 Å². The van der Waals surface area contributed by atoms with Crippen molar-refractivity contribution in [2.45, 2.75) is 45.9 Å². The minimum atomic E-state index is 0.222. The lowest BCUT2D eigenvalue weighted by molar-refractivity contribution is 0.0816. The van der Waals surface area contributed by atoms with Gasteiger partial charge in [0.05, 0.1) is 6.10 Å². The number of rotatable bonds is 6. The first-order chi connectivity index (χ1) is 8.06. The van der Waals surface area contributed by atoms with E-state index in [0.717, 1.165) is 0 Å². The molecule has 1 N–H and O–H groups in total. The molecule has 2 heteroatoms. The molecule has 0 saturated heterocycles. The van der Waals surface area contributed by atoms with Crippen molar-refractivity contribution in [2.24, 2.45) is 5.92 Å². The summed E-state index contributed by atoms with van der Waals surface area (Å²) >= 11 is 0. The predicted octanol–water partition coefficient (Wildman–Crippen LogP) is 3.40. The van der Waals surface area contributed by atoms with Crippen molar-refractivity contribution in [3.63, 3.8) is 0 Å². The van der Waals surface area contributed by atoms with Crippen LogP contribution in [0, 0.1) is 5.92 Å². The zero-order valence-electron chi connectivity index (χ0n) is 11.6. The molecule has 96 valence electrons. The molecule has 3 unspecified atom stereocenters. The van der Waals surface area contributed by atoms with Gasteiger partial charge in [0.1, 0.15) is 0 Å². The summed E-state index contributed by atoms with van der Waals surface area (Å²) < 4.78 is 5.37. The van der Waals surface area contributed by atoms with Crippen LogP contribution in [0.3, 0.4) is 0 Å². The van der Waals surface area contributed by atoms with Crippen LogP contribution in [-0.4, -0.2) is 19.3 Å². The maximum Gasteiger partial charge on any atom is 0.0693 e. The highest BCUT2D eigenvalue weighted by atomic mass is 16.5. The molecule has 0 amide bonds. The molecule has 0 bridgehead atoms. The predicted molar refractivity (Wildman–Crippen MR) is 73.1 cm³/mol. The second-order valence-corrected chi connectivity index (χ2v) is 5.03. The fraction of sp³-hybridized carbons (Fsp3) is 0.600. The summed E-state index contributed by atoms with van der Waals surface area (Å²) in [6, 6.07) is 11.3. The van der Waals surface area contributed by atoms with E-state index in [-0.39, 0.29) is 6.10 Å². The maximum absolute atomic E-state index is 5.37. The molecule has 0 aliphatic carbocycles. The number of methoxy groups -OCH3 is 1. The summed E-state index contributed by atoms with van der Waals surface area (Å²) in [7, 11) is 1.76. The quantitative estimate of drug-likeness (QED) is 0.816. The molecule has 0 heterocycles. The van der Waals surface area contributed by atoms with Gasteiger partial charge in [-0.1, -0.05) is 44.2 Å². The van der Waals surface area contributed by atoms with Crippen molar-refractivity contribution >= 4 is 0 Å². The minimum Gasteiger partial charge on any atom is -0.380 e. The largest absolute Gasteiger partial charge is 0.380 e. The Hall–Kier alpha value is -0.860. The van der Waals surface area contributed by atoms with Crippen LogP contribution in [0.5, 0.6) is 0 Å². The van der Waals surface area contributed by atoms with Crippen molar-refractivity contribution in [2.75, 3.05) is 7.11 Å². The molecule has 1 rings (SSSR count). The van der Waals surface area contributed by atoms with Gasteiger partial charge in [0.15, 0.2) is 0 Å². The Morgan fingerprint density at radius 3 is 2.06 bits per heavy atom. The zero-order valence-corrected chi connectivity index (χ0v) is 11.6. The van der Waals surface area contributed by atoms with E-state index in [2.05, 4.69) is 63.3 Å². The highest BCUT2D eigenvalue weighted by molar-refractivity contribution is 5.19. The highest BCUT2D eigenvalue weighted by Crippen LogP contribution is 2.22. The van der Waals surface area contributed by atoms with Crippen molar-refractivity contribution in [1.29, 1.82) is 0 Å². The van der Waals surface area contributed by atoms with Crippen LogP contribution >= 0.6 is 0 Å². The molecule has 3 atom stereocenters. The molecule has 0 aliphatic heterocycles. The Morgan fingerprint density at radius 2 is 1.59 bits per heavy atom. The van der Waals surface area contributed by atoms with Gasteiger partial charge in [-0.3, -0.25) is 0 Å². The van der Waals surface area contributed by atoms with Crippen LogP contribution in [0.1, 0.15) is 39.3 Å². The van der Waals surface area contributed by atoms with Crippen molar-refractivity contribution in [3.8, 4) is 0 Å². The number of ether oxygens (including phenoxy) is 1.